The Hall–Kier alpha value is -3.76. The Balaban J connectivity index is 1.26. The number of fused-ring (bicyclic) bond motifs is 2. The minimum atomic E-state index is -4.55. The molecule has 3 aromatic rings. The Bertz CT molecular complexity index is 1530. The van der Waals surface area contributed by atoms with E-state index in [9.17, 15) is 23.1 Å². The first kappa shape index (κ1) is 29.3. The quantitative estimate of drug-likeness (QED) is 0.301. The fourth-order valence-electron chi connectivity index (χ4n) is 6.23. The standard InChI is InChI=1S/C33H33F3O7/c1-19-12-22(42-18-32(39)8-10-40-11-9-32)2-4-24(19)27-14-21(33(34,35)36)15-28-26(27)6-7-29(28)43-23-3-5-25-20(13-31(37)38)17-41-30(25)16-23/h2-5,12,14-16,20,29,39H,6-11,13,17-18H2,1H3,(H,37,38). The average molecular weight is 599 g/mol. The van der Waals surface area contributed by atoms with Crippen LogP contribution in [0.5, 0.6) is 17.2 Å². The summed E-state index contributed by atoms with van der Waals surface area (Å²) in [5.74, 6) is 0.364. The lowest BCUT2D eigenvalue weighted by Crippen LogP contribution is -2.41. The maximum Gasteiger partial charge on any atom is 0.416 e. The molecular formula is C33H33F3O7. The molecule has 0 amide bonds. The van der Waals surface area contributed by atoms with Gasteiger partial charge in [-0.25, -0.2) is 0 Å². The van der Waals surface area contributed by atoms with Crippen LogP contribution in [-0.4, -0.2) is 48.2 Å². The van der Waals surface area contributed by atoms with Crippen LogP contribution in [0.2, 0.25) is 0 Å². The van der Waals surface area contributed by atoms with Crippen LogP contribution in [0.15, 0.2) is 48.5 Å². The second kappa shape index (κ2) is 11.4. The normalized spacial score (nSPS) is 20.7. The largest absolute Gasteiger partial charge is 0.492 e. The highest BCUT2D eigenvalue weighted by Gasteiger charge is 2.37. The van der Waals surface area contributed by atoms with Gasteiger partial charge in [-0.1, -0.05) is 12.1 Å². The van der Waals surface area contributed by atoms with Gasteiger partial charge in [-0.3, -0.25) is 4.79 Å². The molecule has 7 nitrogen and oxygen atoms in total. The minimum absolute atomic E-state index is 0.0453. The third-order valence-corrected chi connectivity index (χ3v) is 8.60. The molecule has 1 fully saturated rings. The first-order valence-electron chi connectivity index (χ1n) is 14.4. The number of aliphatic carboxylic acids is 1. The topological polar surface area (TPSA) is 94.5 Å². The second-order valence-corrected chi connectivity index (χ2v) is 11.6. The van der Waals surface area contributed by atoms with Crippen molar-refractivity contribution < 1.29 is 47.1 Å². The summed E-state index contributed by atoms with van der Waals surface area (Å²) in [6.45, 7) is 3.15. The summed E-state index contributed by atoms with van der Waals surface area (Å²) in [4.78, 5) is 11.2. The third-order valence-electron chi connectivity index (χ3n) is 8.60. The lowest BCUT2D eigenvalue weighted by molar-refractivity contribution is -0.138. The lowest BCUT2D eigenvalue weighted by Gasteiger charge is -2.31. The summed E-state index contributed by atoms with van der Waals surface area (Å²) < 4.78 is 65.5. The van der Waals surface area contributed by atoms with Gasteiger partial charge >= 0.3 is 12.1 Å². The fraction of sp³-hybridized carbons (Fsp3) is 0.424. The molecule has 228 valence electrons. The van der Waals surface area contributed by atoms with E-state index in [-0.39, 0.29) is 25.6 Å². The summed E-state index contributed by atoms with van der Waals surface area (Å²) in [5, 5.41) is 19.9. The van der Waals surface area contributed by atoms with Gasteiger partial charge in [-0.05, 0) is 77.9 Å². The smallest absolute Gasteiger partial charge is 0.416 e. The maximum atomic E-state index is 14.1. The minimum Gasteiger partial charge on any atom is -0.492 e. The highest BCUT2D eigenvalue weighted by Crippen LogP contribution is 2.46. The van der Waals surface area contributed by atoms with Gasteiger partial charge in [0, 0.05) is 43.6 Å². The number of hydrogen-bond acceptors (Lipinski definition) is 6. The number of ether oxygens (including phenoxy) is 4. The van der Waals surface area contributed by atoms with E-state index in [1.807, 2.05) is 6.92 Å². The number of hydrogen-bond donors (Lipinski definition) is 2. The first-order valence-corrected chi connectivity index (χ1v) is 14.4. The predicted octanol–water partition coefficient (Wildman–Crippen LogP) is 6.62. The van der Waals surface area contributed by atoms with E-state index in [4.69, 9.17) is 24.1 Å². The molecule has 2 atom stereocenters. The first-order chi connectivity index (χ1) is 20.5. The molecule has 0 spiro atoms. The highest BCUT2D eigenvalue weighted by atomic mass is 19.4. The number of benzene rings is 3. The molecule has 0 aromatic heterocycles. The van der Waals surface area contributed by atoms with Crippen molar-refractivity contribution in [3.63, 3.8) is 0 Å². The number of carbonyl (C=O) groups is 1. The van der Waals surface area contributed by atoms with Crippen molar-refractivity contribution in [2.45, 2.75) is 62.8 Å². The van der Waals surface area contributed by atoms with E-state index in [1.54, 1.807) is 36.4 Å². The highest BCUT2D eigenvalue weighted by molar-refractivity contribution is 5.74. The molecule has 43 heavy (non-hydrogen) atoms. The van der Waals surface area contributed by atoms with Gasteiger partial charge in [0.25, 0.3) is 0 Å². The van der Waals surface area contributed by atoms with E-state index < -0.39 is 29.4 Å². The van der Waals surface area contributed by atoms with Gasteiger partial charge < -0.3 is 29.2 Å². The monoisotopic (exact) mass is 598 g/mol. The molecule has 0 radical (unpaired) electrons. The molecule has 10 heteroatoms. The number of aryl methyl sites for hydroxylation is 1. The number of halogens is 3. The molecular weight excluding hydrogens is 565 g/mol. The predicted molar refractivity (Wildman–Crippen MR) is 151 cm³/mol. The molecule has 2 heterocycles. The van der Waals surface area contributed by atoms with Gasteiger partial charge in [0.1, 0.15) is 35.6 Å². The molecule has 3 aromatic carbocycles. The van der Waals surface area contributed by atoms with Crippen LogP contribution in [-0.2, 0) is 22.1 Å². The van der Waals surface area contributed by atoms with Crippen molar-refractivity contribution in [1.29, 1.82) is 0 Å². The number of aliphatic hydroxyl groups is 1. The van der Waals surface area contributed by atoms with Crippen LogP contribution in [0, 0.1) is 6.92 Å². The van der Waals surface area contributed by atoms with Crippen molar-refractivity contribution in [3.05, 3.63) is 76.3 Å². The zero-order valence-electron chi connectivity index (χ0n) is 23.7. The molecule has 1 saturated heterocycles. The Kier molecular flexibility index (Phi) is 7.76. The van der Waals surface area contributed by atoms with E-state index in [0.717, 1.165) is 16.7 Å². The number of rotatable bonds is 8. The zero-order chi connectivity index (χ0) is 30.4. The van der Waals surface area contributed by atoms with Crippen LogP contribution in [0.3, 0.4) is 0 Å². The van der Waals surface area contributed by atoms with E-state index in [1.165, 1.54) is 12.1 Å². The molecule has 2 N–H and O–H groups in total. The molecule has 0 bridgehead atoms. The summed E-state index contributed by atoms with van der Waals surface area (Å²) >= 11 is 0. The van der Waals surface area contributed by atoms with E-state index >= 15 is 0 Å². The van der Waals surface area contributed by atoms with E-state index in [2.05, 4.69) is 0 Å². The summed E-state index contributed by atoms with van der Waals surface area (Å²) in [6, 6.07) is 12.8. The molecule has 3 aliphatic rings. The molecule has 6 rings (SSSR count). The van der Waals surface area contributed by atoms with Gasteiger partial charge in [-0.2, -0.15) is 13.2 Å². The van der Waals surface area contributed by atoms with Crippen molar-refractivity contribution in [3.8, 4) is 28.4 Å². The zero-order valence-corrected chi connectivity index (χ0v) is 23.7. The number of carboxylic acids is 1. The van der Waals surface area contributed by atoms with Crippen molar-refractivity contribution in [2.75, 3.05) is 26.4 Å². The van der Waals surface area contributed by atoms with Crippen LogP contribution in [0.4, 0.5) is 13.2 Å². The number of carboxylic acid groups (broad SMARTS) is 1. The van der Waals surface area contributed by atoms with Crippen LogP contribution >= 0.6 is 0 Å². The fourth-order valence-corrected chi connectivity index (χ4v) is 6.23. The van der Waals surface area contributed by atoms with Crippen molar-refractivity contribution in [1.82, 2.24) is 0 Å². The lowest BCUT2D eigenvalue weighted by atomic mass is 9.91. The summed E-state index contributed by atoms with van der Waals surface area (Å²) in [7, 11) is 0. The van der Waals surface area contributed by atoms with Gasteiger partial charge in [-0.15, -0.1) is 0 Å². The van der Waals surface area contributed by atoms with Gasteiger partial charge in [0.05, 0.1) is 18.6 Å². The molecule has 1 aliphatic carbocycles. The average Bonchev–Trinajstić information content (AvgIpc) is 3.55. The van der Waals surface area contributed by atoms with Crippen LogP contribution in [0.25, 0.3) is 11.1 Å². The number of alkyl halides is 3. The summed E-state index contributed by atoms with van der Waals surface area (Å²) in [6.07, 6.45) is -3.17. The van der Waals surface area contributed by atoms with Crippen LogP contribution < -0.4 is 14.2 Å². The SMILES string of the molecule is Cc1cc(OCC2(O)CCOCC2)ccc1-c1cc(C(F)(F)F)cc2c1CCC2Oc1ccc2c(c1)OCC2CC(=O)O. The van der Waals surface area contributed by atoms with Gasteiger partial charge in [0.2, 0.25) is 0 Å². The van der Waals surface area contributed by atoms with Gasteiger partial charge in [0.15, 0.2) is 0 Å². The van der Waals surface area contributed by atoms with E-state index in [0.29, 0.717) is 72.8 Å². The Labute approximate surface area is 247 Å². The third kappa shape index (κ3) is 6.17. The second-order valence-electron chi connectivity index (χ2n) is 11.6. The molecule has 2 unspecified atom stereocenters. The van der Waals surface area contributed by atoms with Crippen molar-refractivity contribution in [2.24, 2.45) is 0 Å². The maximum absolute atomic E-state index is 14.1. The Morgan fingerprint density at radius 1 is 1.02 bits per heavy atom. The Morgan fingerprint density at radius 3 is 2.51 bits per heavy atom. The molecule has 2 aliphatic heterocycles. The summed E-state index contributed by atoms with van der Waals surface area (Å²) in [5.41, 5.74) is 2.33. The van der Waals surface area contributed by atoms with Crippen molar-refractivity contribution >= 4 is 5.97 Å². The molecule has 0 saturated carbocycles. The Morgan fingerprint density at radius 2 is 1.79 bits per heavy atom. The van der Waals surface area contributed by atoms with Crippen LogP contribution in [0.1, 0.15) is 65.5 Å².